The van der Waals surface area contributed by atoms with E-state index in [1.807, 2.05) is 26.0 Å². The molecule has 0 amide bonds. The molecule has 2 aromatic rings. The number of aliphatic carboxylic acids is 1. The molecule has 1 atom stereocenters. The number of benzene rings is 2. The second kappa shape index (κ2) is 14.7. The van der Waals surface area contributed by atoms with E-state index in [1.54, 1.807) is 24.3 Å². The summed E-state index contributed by atoms with van der Waals surface area (Å²) in [5.41, 5.74) is 4.16. The van der Waals surface area contributed by atoms with Crippen LogP contribution >= 0.6 is 0 Å². The Morgan fingerprint density at radius 3 is 2.08 bits per heavy atom. The van der Waals surface area contributed by atoms with Crippen LogP contribution in [0, 0.1) is 0 Å². The lowest BCUT2D eigenvalue weighted by molar-refractivity contribution is -0.438. The molecule has 2 heterocycles. The molecule has 0 spiro atoms. The van der Waals surface area contributed by atoms with Crippen LogP contribution < -0.4 is 4.90 Å². The van der Waals surface area contributed by atoms with Crippen molar-refractivity contribution in [1.82, 2.24) is 0 Å². The molecule has 12 heteroatoms. The molecule has 48 heavy (non-hydrogen) atoms. The number of carboxylic acids is 1. The van der Waals surface area contributed by atoms with Gasteiger partial charge in [0.1, 0.15) is 6.54 Å². The Labute approximate surface area is 285 Å². The highest BCUT2D eigenvalue weighted by molar-refractivity contribution is 7.86. The van der Waals surface area contributed by atoms with Gasteiger partial charge in [0.05, 0.1) is 15.2 Å². The molecule has 0 saturated carbocycles. The van der Waals surface area contributed by atoms with Crippen molar-refractivity contribution in [1.29, 1.82) is 0 Å². The fourth-order valence-electron chi connectivity index (χ4n) is 7.05. The SMILES string of the molecule is CCCCN1/C(=C/C=C/C2=[N+](CCCC)c3ccc(S(=O)(=O)O)cc3C2(C)C)C(C)(CCCCCC(=O)O)c2cc(S(=O)(=O)O)ccc21. The van der Waals surface area contributed by atoms with E-state index < -0.39 is 37.0 Å². The van der Waals surface area contributed by atoms with Gasteiger partial charge in [0.25, 0.3) is 20.2 Å². The maximum Gasteiger partial charge on any atom is 0.303 e. The van der Waals surface area contributed by atoms with E-state index in [4.69, 9.17) is 5.11 Å². The first kappa shape index (κ1) is 37.5. The summed E-state index contributed by atoms with van der Waals surface area (Å²) in [6.45, 7) is 11.8. The highest BCUT2D eigenvalue weighted by Gasteiger charge is 2.46. The van der Waals surface area contributed by atoms with E-state index in [2.05, 4.69) is 36.3 Å². The molecule has 262 valence electrons. The molecule has 2 aromatic carbocycles. The number of hydrogen-bond acceptors (Lipinski definition) is 6. The Balaban J connectivity index is 1.83. The van der Waals surface area contributed by atoms with E-state index in [-0.39, 0.29) is 16.2 Å². The number of carbonyl (C=O) groups is 1. The molecule has 0 fully saturated rings. The summed E-state index contributed by atoms with van der Waals surface area (Å²) in [6.07, 6.45) is 12.6. The van der Waals surface area contributed by atoms with Gasteiger partial charge in [-0.2, -0.15) is 21.4 Å². The van der Waals surface area contributed by atoms with E-state index in [9.17, 15) is 30.7 Å². The molecule has 2 aliphatic rings. The average Bonchev–Trinajstić information content (AvgIpc) is 3.36. The summed E-state index contributed by atoms with van der Waals surface area (Å²) in [5, 5.41) is 9.12. The lowest BCUT2D eigenvalue weighted by Gasteiger charge is -2.30. The van der Waals surface area contributed by atoms with Gasteiger partial charge < -0.3 is 10.0 Å². The first-order valence-corrected chi connectivity index (χ1v) is 19.6. The smallest absolute Gasteiger partial charge is 0.303 e. The topological polar surface area (TPSA) is 152 Å². The van der Waals surface area contributed by atoms with Crippen LogP contribution in [0.1, 0.15) is 104 Å². The Hall–Kier alpha value is -3.32. The van der Waals surface area contributed by atoms with Gasteiger partial charge in [-0.15, -0.1) is 0 Å². The normalized spacial score (nSPS) is 19.8. The fraction of sp³-hybridized carbons (Fsp3) is 0.500. The molecule has 0 saturated heterocycles. The lowest BCUT2D eigenvalue weighted by Crippen LogP contribution is -2.30. The summed E-state index contributed by atoms with van der Waals surface area (Å²) in [4.78, 5) is 13.0. The second-order valence-electron chi connectivity index (χ2n) is 13.5. The van der Waals surface area contributed by atoms with Crippen LogP contribution in [-0.4, -0.2) is 60.4 Å². The summed E-state index contributed by atoms with van der Waals surface area (Å²) >= 11 is 0. The number of anilines is 1. The Morgan fingerprint density at radius 1 is 0.854 bits per heavy atom. The summed E-state index contributed by atoms with van der Waals surface area (Å²) in [5.74, 6) is -0.835. The minimum atomic E-state index is -4.44. The zero-order valence-corrected chi connectivity index (χ0v) is 30.2. The average molecular weight is 702 g/mol. The fourth-order valence-corrected chi connectivity index (χ4v) is 8.06. The first-order valence-electron chi connectivity index (χ1n) is 16.7. The van der Waals surface area contributed by atoms with E-state index in [0.717, 1.165) is 72.6 Å². The van der Waals surface area contributed by atoms with Gasteiger partial charge in [-0.3, -0.25) is 13.9 Å². The zero-order valence-electron chi connectivity index (χ0n) is 28.6. The van der Waals surface area contributed by atoms with Crippen LogP contribution in [0.2, 0.25) is 0 Å². The quantitative estimate of drug-likeness (QED) is 0.0923. The van der Waals surface area contributed by atoms with Gasteiger partial charge in [0, 0.05) is 53.9 Å². The summed E-state index contributed by atoms with van der Waals surface area (Å²) < 4.78 is 70.3. The molecule has 0 radical (unpaired) electrons. The predicted octanol–water partition coefficient (Wildman–Crippen LogP) is 7.41. The molecular weight excluding hydrogens is 653 g/mol. The van der Waals surface area contributed by atoms with Gasteiger partial charge in [-0.05, 0) is 82.0 Å². The molecule has 0 aromatic heterocycles. The maximum absolute atomic E-state index is 12.2. The van der Waals surface area contributed by atoms with Crippen molar-refractivity contribution in [2.24, 2.45) is 0 Å². The van der Waals surface area contributed by atoms with Crippen molar-refractivity contribution in [3.05, 3.63) is 71.5 Å². The number of allylic oxidation sites excluding steroid dienone is 4. The molecule has 2 aliphatic heterocycles. The number of rotatable bonds is 16. The van der Waals surface area contributed by atoms with Gasteiger partial charge in [0.2, 0.25) is 5.69 Å². The van der Waals surface area contributed by atoms with E-state index in [0.29, 0.717) is 25.8 Å². The Morgan fingerprint density at radius 2 is 1.48 bits per heavy atom. The molecule has 1 unspecified atom stereocenters. The van der Waals surface area contributed by atoms with Crippen molar-refractivity contribution >= 4 is 43.3 Å². The number of unbranched alkanes of at least 4 members (excludes halogenated alkanes) is 4. The molecule has 10 nitrogen and oxygen atoms in total. The van der Waals surface area contributed by atoms with E-state index >= 15 is 0 Å². The molecule has 0 aliphatic carbocycles. The third-order valence-electron chi connectivity index (χ3n) is 9.71. The molecule has 3 N–H and O–H groups in total. The van der Waals surface area contributed by atoms with Crippen molar-refractivity contribution in [3.63, 3.8) is 0 Å². The van der Waals surface area contributed by atoms with Gasteiger partial charge >= 0.3 is 5.97 Å². The number of fused-ring (bicyclic) bond motifs is 2. The van der Waals surface area contributed by atoms with Crippen LogP contribution in [0.3, 0.4) is 0 Å². The summed E-state index contributed by atoms with van der Waals surface area (Å²) in [6, 6.07) is 9.49. The van der Waals surface area contributed by atoms with Gasteiger partial charge in [-0.25, -0.2) is 0 Å². The lowest BCUT2D eigenvalue weighted by atomic mass is 9.77. The minimum Gasteiger partial charge on any atom is -0.481 e. The van der Waals surface area contributed by atoms with Crippen molar-refractivity contribution in [3.8, 4) is 0 Å². The second-order valence-corrected chi connectivity index (χ2v) is 16.4. The largest absolute Gasteiger partial charge is 0.481 e. The maximum atomic E-state index is 12.2. The first-order chi connectivity index (χ1) is 22.5. The number of hydrogen-bond donors (Lipinski definition) is 3. The van der Waals surface area contributed by atoms with Crippen molar-refractivity contribution in [2.75, 3.05) is 18.0 Å². The number of carboxylic acid groups (broad SMARTS) is 1. The van der Waals surface area contributed by atoms with Crippen LogP contribution in [0.15, 0.2) is 70.1 Å². The van der Waals surface area contributed by atoms with Crippen LogP contribution in [0.5, 0.6) is 0 Å². The molecular formula is C36H49N2O8S2+. The third kappa shape index (κ3) is 7.77. The van der Waals surface area contributed by atoms with Crippen LogP contribution in [0.25, 0.3) is 0 Å². The highest BCUT2D eigenvalue weighted by Crippen LogP contribution is 2.51. The zero-order chi connectivity index (χ0) is 35.5. The predicted molar refractivity (Wildman–Crippen MR) is 188 cm³/mol. The molecule has 4 rings (SSSR count). The Bertz CT molecular complexity index is 1860. The summed E-state index contributed by atoms with van der Waals surface area (Å²) in [7, 11) is -8.82. The van der Waals surface area contributed by atoms with E-state index in [1.165, 1.54) is 12.1 Å². The third-order valence-corrected chi connectivity index (χ3v) is 11.4. The van der Waals surface area contributed by atoms with Gasteiger partial charge in [0.15, 0.2) is 5.71 Å². The standard InChI is InChI=1S/C36H48N2O8S2/c1-6-8-22-37-30-19-17-26(47(41,42)43)24-28(30)35(3,4)32(37)14-13-15-33-36(5,21-12-10-11-16-34(39)40)29-25-27(48(44,45)46)18-20-31(29)38(33)23-9-7-2/h13-15,17-20,24-25H,6-12,16,21-23H2,1-5H3,(H2-,39,40,41,42,43,44,45,46)/p+1. The van der Waals surface area contributed by atoms with Crippen LogP contribution in [0.4, 0.5) is 11.4 Å². The van der Waals surface area contributed by atoms with Crippen molar-refractivity contribution < 1.29 is 40.4 Å². The highest BCUT2D eigenvalue weighted by atomic mass is 32.2. The van der Waals surface area contributed by atoms with Gasteiger partial charge in [-0.1, -0.05) is 45.6 Å². The monoisotopic (exact) mass is 701 g/mol. The minimum absolute atomic E-state index is 0.0886. The number of nitrogens with zero attached hydrogens (tertiary/aromatic N) is 2. The molecule has 0 bridgehead atoms. The van der Waals surface area contributed by atoms with Crippen LogP contribution in [-0.2, 0) is 35.9 Å². The Kier molecular flexibility index (Phi) is 11.4. The van der Waals surface area contributed by atoms with Crippen molar-refractivity contribution in [2.45, 2.75) is 113 Å².